The predicted molar refractivity (Wildman–Crippen MR) is 79.0 cm³/mol. The maximum Gasteiger partial charge on any atom is 0.0577 e. The van der Waals surface area contributed by atoms with Gasteiger partial charge in [-0.1, -0.05) is 27.5 Å². The van der Waals surface area contributed by atoms with Crippen molar-refractivity contribution < 1.29 is 0 Å². The molecule has 90 valence electrons. The summed E-state index contributed by atoms with van der Waals surface area (Å²) in [6.07, 6.45) is 0. The monoisotopic (exact) mass is 329 g/mol. The van der Waals surface area contributed by atoms with Crippen molar-refractivity contribution in [3.05, 3.63) is 54.6 Å². The van der Waals surface area contributed by atoms with Crippen LogP contribution in [0.15, 0.2) is 28.7 Å². The number of aryl methyl sites for hydroxylation is 2. The lowest BCUT2D eigenvalue weighted by atomic mass is 10.00. The van der Waals surface area contributed by atoms with Crippen LogP contribution in [-0.4, -0.2) is 0 Å². The summed E-state index contributed by atoms with van der Waals surface area (Å²) in [6.45, 7) is 4.19. The summed E-state index contributed by atoms with van der Waals surface area (Å²) in [5, 5.41) is 0.712. The maximum atomic E-state index is 6.30. The Kier molecular flexibility index (Phi) is 3.93. The first kappa shape index (κ1) is 13.1. The molecule has 0 saturated carbocycles. The third-order valence-corrected chi connectivity index (χ3v) is 4.53. The highest BCUT2D eigenvalue weighted by molar-refractivity contribution is 9.10. The molecule has 0 saturated heterocycles. The minimum Gasteiger partial charge on any atom is -0.320 e. The summed E-state index contributed by atoms with van der Waals surface area (Å²) in [4.78, 5) is 2.53. The van der Waals surface area contributed by atoms with Crippen molar-refractivity contribution in [3.8, 4) is 0 Å². The van der Waals surface area contributed by atoms with Gasteiger partial charge in [-0.2, -0.15) is 0 Å². The van der Waals surface area contributed by atoms with Crippen LogP contribution in [0.1, 0.15) is 26.9 Å². The quantitative estimate of drug-likeness (QED) is 0.838. The number of benzene rings is 1. The molecular weight excluding hydrogens is 318 g/mol. The topological polar surface area (TPSA) is 26.0 Å². The van der Waals surface area contributed by atoms with Gasteiger partial charge in [-0.15, -0.1) is 11.3 Å². The van der Waals surface area contributed by atoms with Gasteiger partial charge in [0.1, 0.15) is 0 Å². The summed E-state index contributed by atoms with van der Waals surface area (Å²) >= 11 is 11.4. The second kappa shape index (κ2) is 5.11. The van der Waals surface area contributed by atoms with E-state index in [1.54, 1.807) is 11.3 Å². The summed E-state index contributed by atoms with van der Waals surface area (Å²) in [7, 11) is 0. The summed E-state index contributed by atoms with van der Waals surface area (Å²) in [6, 6.07) is 7.76. The minimum atomic E-state index is -0.162. The Morgan fingerprint density at radius 2 is 1.94 bits per heavy atom. The maximum absolute atomic E-state index is 6.30. The highest BCUT2D eigenvalue weighted by Gasteiger charge is 2.16. The van der Waals surface area contributed by atoms with Crippen LogP contribution in [0.25, 0.3) is 0 Å². The van der Waals surface area contributed by atoms with Crippen molar-refractivity contribution in [2.24, 2.45) is 5.73 Å². The van der Waals surface area contributed by atoms with E-state index in [-0.39, 0.29) is 6.04 Å². The van der Waals surface area contributed by atoms with Crippen molar-refractivity contribution in [3.63, 3.8) is 0 Å². The van der Waals surface area contributed by atoms with Crippen molar-refractivity contribution in [1.29, 1.82) is 0 Å². The molecule has 0 aliphatic heterocycles. The second-order valence-corrected chi connectivity index (χ2v) is 6.80. The zero-order valence-electron chi connectivity index (χ0n) is 9.63. The number of hydrogen-bond acceptors (Lipinski definition) is 2. The number of hydrogen-bond donors (Lipinski definition) is 1. The van der Waals surface area contributed by atoms with E-state index in [1.165, 1.54) is 9.75 Å². The summed E-state index contributed by atoms with van der Waals surface area (Å²) < 4.78 is 0.997. The zero-order valence-corrected chi connectivity index (χ0v) is 12.8. The zero-order chi connectivity index (χ0) is 12.6. The van der Waals surface area contributed by atoms with Crippen LogP contribution in [0.5, 0.6) is 0 Å². The molecule has 1 unspecified atom stereocenters. The fourth-order valence-corrected chi connectivity index (χ4v) is 3.47. The Balaban J connectivity index is 2.46. The van der Waals surface area contributed by atoms with Gasteiger partial charge < -0.3 is 5.73 Å². The third-order valence-electron chi connectivity index (χ3n) is 2.71. The first-order valence-corrected chi connectivity index (χ1v) is 7.25. The molecule has 1 heterocycles. The van der Waals surface area contributed by atoms with Crippen LogP contribution in [0.4, 0.5) is 0 Å². The van der Waals surface area contributed by atoms with Crippen molar-refractivity contribution >= 4 is 38.9 Å². The molecule has 2 rings (SSSR count). The molecular formula is C13H13BrClNS. The molecule has 4 heteroatoms. The molecule has 0 amide bonds. The molecule has 0 bridgehead atoms. The molecule has 1 aromatic heterocycles. The fourth-order valence-electron chi connectivity index (χ4n) is 1.88. The van der Waals surface area contributed by atoms with Crippen LogP contribution in [0.2, 0.25) is 5.02 Å². The Hall–Kier alpha value is -0.350. The lowest BCUT2D eigenvalue weighted by molar-refractivity contribution is 0.868. The molecule has 0 spiro atoms. The summed E-state index contributed by atoms with van der Waals surface area (Å²) in [5.41, 5.74) is 8.42. The number of halogens is 2. The van der Waals surface area contributed by atoms with Gasteiger partial charge in [-0.05, 0) is 49.2 Å². The van der Waals surface area contributed by atoms with Crippen LogP contribution in [-0.2, 0) is 0 Å². The first-order valence-electron chi connectivity index (χ1n) is 5.26. The van der Waals surface area contributed by atoms with E-state index >= 15 is 0 Å². The van der Waals surface area contributed by atoms with Crippen molar-refractivity contribution in [2.75, 3.05) is 0 Å². The van der Waals surface area contributed by atoms with Gasteiger partial charge in [0, 0.05) is 19.2 Å². The molecule has 0 fully saturated rings. The van der Waals surface area contributed by atoms with Gasteiger partial charge in [0.25, 0.3) is 0 Å². The van der Waals surface area contributed by atoms with Gasteiger partial charge in [-0.25, -0.2) is 0 Å². The van der Waals surface area contributed by atoms with E-state index in [1.807, 2.05) is 18.2 Å². The molecule has 17 heavy (non-hydrogen) atoms. The Morgan fingerprint density at radius 1 is 1.24 bits per heavy atom. The average Bonchev–Trinajstić information content (AvgIpc) is 2.60. The SMILES string of the molecule is Cc1cc(C(N)c2cc(Br)ccc2Cl)c(C)s1. The lowest BCUT2D eigenvalue weighted by Crippen LogP contribution is -2.12. The number of thiophene rings is 1. The Bertz CT molecular complexity index is 550. The van der Waals surface area contributed by atoms with Gasteiger partial charge in [-0.3, -0.25) is 0 Å². The molecule has 1 nitrogen and oxygen atoms in total. The molecule has 0 aliphatic carbocycles. The van der Waals surface area contributed by atoms with E-state index < -0.39 is 0 Å². The van der Waals surface area contributed by atoms with Crippen molar-refractivity contribution in [1.82, 2.24) is 0 Å². The molecule has 1 atom stereocenters. The highest BCUT2D eigenvalue weighted by atomic mass is 79.9. The van der Waals surface area contributed by atoms with Crippen LogP contribution in [0, 0.1) is 13.8 Å². The van der Waals surface area contributed by atoms with E-state index in [4.69, 9.17) is 17.3 Å². The number of rotatable bonds is 2. The minimum absolute atomic E-state index is 0.162. The molecule has 0 radical (unpaired) electrons. The molecule has 2 N–H and O–H groups in total. The summed E-state index contributed by atoms with van der Waals surface area (Å²) in [5.74, 6) is 0. The highest BCUT2D eigenvalue weighted by Crippen LogP contribution is 2.33. The number of nitrogens with two attached hydrogens (primary N) is 1. The van der Waals surface area contributed by atoms with Crippen LogP contribution < -0.4 is 5.73 Å². The molecule has 2 aromatic rings. The molecule has 1 aromatic carbocycles. The van der Waals surface area contributed by atoms with Gasteiger partial charge in [0.15, 0.2) is 0 Å². The average molecular weight is 331 g/mol. The van der Waals surface area contributed by atoms with Gasteiger partial charge >= 0.3 is 0 Å². The van der Waals surface area contributed by atoms with E-state index in [9.17, 15) is 0 Å². The van der Waals surface area contributed by atoms with Gasteiger partial charge in [0.05, 0.1) is 6.04 Å². The standard InChI is InChI=1S/C13H13BrClNS/c1-7-5-10(8(2)17-7)13(16)11-6-9(14)3-4-12(11)15/h3-6,13H,16H2,1-2H3. The first-order chi connectivity index (χ1) is 7.99. The van der Waals surface area contributed by atoms with E-state index in [0.717, 1.165) is 15.6 Å². The second-order valence-electron chi connectivity index (χ2n) is 4.01. The third kappa shape index (κ3) is 2.74. The Morgan fingerprint density at radius 3 is 2.53 bits per heavy atom. The van der Waals surface area contributed by atoms with E-state index in [2.05, 4.69) is 35.8 Å². The fraction of sp³-hybridized carbons (Fsp3) is 0.231. The largest absolute Gasteiger partial charge is 0.320 e. The smallest absolute Gasteiger partial charge is 0.0577 e. The molecule has 0 aliphatic rings. The normalized spacial score (nSPS) is 12.8. The Labute approximate surface area is 119 Å². The predicted octanol–water partition coefficient (Wildman–Crippen LogP) is 4.83. The van der Waals surface area contributed by atoms with Crippen LogP contribution in [0.3, 0.4) is 0 Å². The van der Waals surface area contributed by atoms with E-state index in [0.29, 0.717) is 5.02 Å². The van der Waals surface area contributed by atoms with Gasteiger partial charge in [0.2, 0.25) is 0 Å². The lowest BCUT2D eigenvalue weighted by Gasteiger charge is -2.14. The van der Waals surface area contributed by atoms with Crippen LogP contribution >= 0.6 is 38.9 Å². The van der Waals surface area contributed by atoms with Crippen molar-refractivity contribution in [2.45, 2.75) is 19.9 Å².